The van der Waals surface area contributed by atoms with Crippen molar-refractivity contribution in [2.45, 2.75) is 19.9 Å². The molecule has 0 aliphatic carbocycles. The monoisotopic (exact) mass is 234 g/mol. The van der Waals surface area contributed by atoms with E-state index in [0.29, 0.717) is 12.0 Å². The van der Waals surface area contributed by atoms with E-state index >= 15 is 0 Å². The highest BCUT2D eigenvalue weighted by atomic mass is 16.5. The van der Waals surface area contributed by atoms with Gasteiger partial charge in [-0.1, -0.05) is 13.8 Å². The summed E-state index contributed by atoms with van der Waals surface area (Å²) >= 11 is 0. The van der Waals surface area contributed by atoms with E-state index in [1.165, 1.54) is 5.69 Å². The van der Waals surface area contributed by atoms with Gasteiger partial charge < -0.3 is 15.0 Å². The normalized spacial score (nSPS) is 20.7. The molecule has 1 N–H and O–H groups in total. The van der Waals surface area contributed by atoms with Crippen molar-refractivity contribution in [3.8, 4) is 5.75 Å². The fraction of sp³-hybridized carbons (Fsp3) is 0.571. The van der Waals surface area contributed by atoms with Crippen LogP contribution in [-0.2, 0) is 0 Å². The van der Waals surface area contributed by atoms with Crippen molar-refractivity contribution >= 4 is 5.69 Å². The maximum absolute atomic E-state index is 5.18. The van der Waals surface area contributed by atoms with Gasteiger partial charge in [0.2, 0.25) is 0 Å². The lowest BCUT2D eigenvalue weighted by atomic mass is 10.0. The van der Waals surface area contributed by atoms with E-state index < -0.39 is 0 Å². The lowest BCUT2D eigenvalue weighted by molar-refractivity contribution is 0.368. The minimum absolute atomic E-state index is 0.589. The van der Waals surface area contributed by atoms with Crippen LogP contribution in [0.3, 0.4) is 0 Å². The molecule has 1 heterocycles. The van der Waals surface area contributed by atoms with Gasteiger partial charge in [0.25, 0.3) is 0 Å². The van der Waals surface area contributed by atoms with Crippen molar-refractivity contribution in [3.05, 3.63) is 24.3 Å². The van der Waals surface area contributed by atoms with Crippen LogP contribution < -0.4 is 15.0 Å². The average Bonchev–Trinajstić information content (AvgIpc) is 2.39. The first kappa shape index (κ1) is 12.2. The number of piperazine rings is 1. The minimum atomic E-state index is 0.589. The second-order valence-corrected chi connectivity index (χ2v) is 4.95. The number of benzene rings is 1. The van der Waals surface area contributed by atoms with Gasteiger partial charge in [-0.25, -0.2) is 0 Å². The Kier molecular flexibility index (Phi) is 3.89. The van der Waals surface area contributed by atoms with Gasteiger partial charge in [-0.3, -0.25) is 0 Å². The number of hydrogen-bond acceptors (Lipinski definition) is 3. The molecule has 94 valence electrons. The van der Waals surface area contributed by atoms with Gasteiger partial charge in [0.05, 0.1) is 7.11 Å². The third kappa shape index (κ3) is 2.91. The SMILES string of the molecule is COc1ccc(N2CCNC(C(C)C)C2)cc1. The van der Waals surface area contributed by atoms with E-state index in [4.69, 9.17) is 4.74 Å². The highest BCUT2D eigenvalue weighted by Crippen LogP contribution is 2.21. The number of ether oxygens (including phenoxy) is 1. The molecule has 17 heavy (non-hydrogen) atoms. The van der Waals surface area contributed by atoms with Crippen LogP contribution in [0.5, 0.6) is 5.75 Å². The number of nitrogens with one attached hydrogen (secondary N) is 1. The zero-order chi connectivity index (χ0) is 12.3. The molecule has 1 aromatic rings. The van der Waals surface area contributed by atoms with E-state index in [0.717, 1.165) is 25.4 Å². The van der Waals surface area contributed by atoms with E-state index in [-0.39, 0.29) is 0 Å². The molecule has 0 radical (unpaired) electrons. The first-order valence-corrected chi connectivity index (χ1v) is 6.33. The van der Waals surface area contributed by atoms with Gasteiger partial charge in [-0.15, -0.1) is 0 Å². The molecule has 1 aliphatic rings. The molecule has 1 fully saturated rings. The lowest BCUT2D eigenvalue weighted by Crippen LogP contribution is -2.52. The lowest BCUT2D eigenvalue weighted by Gasteiger charge is -2.37. The molecule has 0 amide bonds. The van der Waals surface area contributed by atoms with Crippen LogP contribution in [0.1, 0.15) is 13.8 Å². The Morgan fingerprint density at radius 2 is 2.00 bits per heavy atom. The highest BCUT2D eigenvalue weighted by molar-refractivity contribution is 5.49. The van der Waals surface area contributed by atoms with Gasteiger partial charge in [-0.05, 0) is 30.2 Å². The van der Waals surface area contributed by atoms with Gasteiger partial charge in [0.1, 0.15) is 5.75 Å². The summed E-state index contributed by atoms with van der Waals surface area (Å²) in [4.78, 5) is 2.45. The average molecular weight is 234 g/mol. The summed E-state index contributed by atoms with van der Waals surface area (Å²) in [6, 6.07) is 8.93. The number of methoxy groups -OCH3 is 1. The van der Waals surface area contributed by atoms with Crippen molar-refractivity contribution < 1.29 is 4.74 Å². The summed E-state index contributed by atoms with van der Waals surface area (Å²) in [6.45, 7) is 7.78. The molecule has 3 nitrogen and oxygen atoms in total. The summed E-state index contributed by atoms with van der Waals surface area (Å²) in [6.07, 6.45) is 0. The smallest absolute Gasteiger partial charge is 0.119 e. The Hall–Kier alpha value is -1.22. The molecule has 1 saturated heterocycles. The molecular weight excluding hydrogens is 212 g/mol. The molecule has 3 heteroatoms. The Bertz CT molecular complexity index is 348. The molecule has 0 spiro atoms. The molecule has 1 aliphatic heterocycles. The van der Waals surface area contributed by atoms with Crippen LogP contribution >= 0.6 is 0 Å². The van der Waals surface area contributed by atoms with Crippen LogP contribution in [0.2, 0.25) is 0 Å². The molecule has 0 bridgehead atoms. The minimum Gasteiger partial charge on any atom is -0.497 e. The van der Waals surface area contributed by atoms with Crippen LogP contribution in [0.25, 0.3) is 0 Å². The predicted molar refractivity (Wildman–Crippen MR) is 71.8 cm³/mol. The van der Waals surface area contributed by atoms with Crippen molar-refractivity contribution in [3.63, 3.8) is 0 Å². The second kappa shape index (κ2) is 5.41. The summed E-state index contributed by atoms with van der Waals surface area (Å²) in [5, 5.41) is 3.57. The Balaban J connectivity index is 2.05. The van der Waals surface area contributed by atoms with Crippen molar-refractivity contribution in [1.82, 2.24) is 5.32 Å². The van der Waals surface area contributed by atoms with Crippen LogP contribution in [0.4, 0.5) is 5.69 Å². The van der Waals surface area contributed by atoms with Gasteiger partial charge in [-0.2, -0.15) is 0 Å². The molecule has 0 saturated carbocycles. The quantitative estimate of drug-likeness (QED) is 0.867. The van der Waals surface area contributed by atoms with E-state index in [1.54, 1.807) is 7.11 Å². The number of rotatable bonds is 3. The summed E-state index contributed by atoms with van der Waals surface area (Å²) in [5.74, 6) is 1.60. The largest absolute Gasteiger partial charge is 0.497 e. The number of nitrogens with zero attached hydrogens (tertiary/aromatic N) is 1. The molecule has 1 unspecified atom stereocenters. The molecule has 1 aromatic carbocycles. The fourth-order valence-electron chi connectivity index (χ4n) is 2.25. The number of hydrogen-bond donors (Lipinski definition) is 1. The van der Waals surface area contributed by atoms with E-state index in [2.05, 4.69) is 36.2 Å². The maximum atomic E-state index is 5.18. The van der Waals surface area contributed by atoms with Gasteiger partial charge in [0, 0.05) is 31.4 Å². The maximum Gasteiger partial charge on any atom is 0.119 e. The topological polar surface area (TPSA) is 24.5 Å². The van der Waals surface area contributed by atoms with Crippen LogP contribution in [0.15, 0.2) is 24.3 Å². The number of anilines is 1. The third-order valence-corrected chi connectivity index (χ3v) is 3.45. The molecule has 0 aromatic heterocycles. The van der Waals surface area contributed by atoms with Crippen LogP contribution in [-0.4, -0.2) is 32.8 Å². The van der Waals surface area contributed by atoms with Gasteiger partial charge >= 0.3 is 0 Å². The van der Waals surface area contributed by atoms with Crippen molar-refractivity contribution in [2.75, 3.05) is 31.6 Å². The standard InChI is InChI=1S/C14H22N2O/c1-11(2)14-10-16(9-8-15-14)12-4-6-13(17-3)7-5-12/h4-7,11,14-15H,8-10H2,1-3H3. The summed E-state index contributed by atoms with van der Waals surface area (Å²) in [7, 11) is 1.70. The zero-order valence-corrected chi connectivity index (χ0v) is 10.9. The second-order valence-electron chi connectivity index (χ2n) is 4.95. The van der Waals surface area contributed by atoms with E-state index in [9.17, 15) is 0 Å². The van der Waals surface area contributed by atoms with Gasteiger partial charge in [0.15, 0.2) is 0 Å². The molecular formula is C14H22N2O. The summed E-state index contributed by atoms with van der Waals surface area (Å²) in [5.41, 5.74) is 1.29. The van der Waals surface area contributed by atoms with E-state index in [1.807, 2.05) is 12.1 Å². The first-order valence-electron chi connectivity index (χ1n) is 6.33. The van der Waals surface area contributed by atoms with Crippen LogP contribution in [0, 0.1) is 5.92 Å². The Morgan fingerprint density at radius 1 is 1.29 bits per heavy atom. The summed E-state index contributed by atoms with van der Waals surface area (Å²) < 4.78 is 5.18. The molecule has 1 atom stereocenters. The Morgan fingerprint density at radius 3 is 2.59 bits per heavy atom. The Labute approximate surface area is 104 Å². The predicted octanol–water partition coefficient (Wildman–Crippen LogP) is 2.13. The third-order valence-electron chi connectivity index (χ3n) is 3.45. The van der Waals surface area contributed by atoms with Crippen molar-refractivity contribution in [2.24, 2.45) is 5.92 Å². The highest BCUT2D eigenvalue weighted by Gasteiger charge is 2.21. The molecule has 2 rings (SSSR count). The zero-order valence-electron chi connectivity index (χ0n) is 10.9. The van der Waals surface area contributed by atoms with Crippen molar-refractivity contribution in [1.29, 1.82) is 0 Å². The fourth-order valence-corrected chi connectivity index (χ4v) is 2.25. The first-order chi connectivity index (χ1) is 8.20.